The van der Waals surface area contributed by atoms with E-state index in [2.05, 4.69) is 0 Å². The monoisotopic (exact) mass is 270 g/mol. The fourth-order valence-electron chi connectivity index (χ4n) is 1.77. The molecule has 20 heavy (non-hydrogen) atoms. The van der Waals surface area contributed by atoms with Gasteiger partial charge in [-0.05, 0) is 50.2 Å². The topological polar surface area (TPSA) is 63.6 Å². The maximum atomic E-state index is 11.2. The first-order valence-electron chi connectivity index (χ1n) is 6.10. The van der Waals surface area contributed by atoms with E-state index in [1.54, 1.807) is 30.3 Å². The van der Waals surface area contributed by atoms with Gasteiger partial charge >= 0.3 is 0 Å². The number of ether oxygens (including phenoxy) is 1. The highest BCUT2D eigenvalue weighted by Crippen LogP contribution is 2.28. The molecule has 0 unspecified atom stereocenters. The first kappa shape index (κ1) is 13.8. The quantitative estimate of drug-likeness (QED) is 0.862. The van der Waals surface area contributed by atoms with Crippen molar-refractivity contribution in [3.05, 3.63) is 53.6 Å². The Hall–Kier alpha value is -2.62. The fraction of sp³-hybridized carbons (Fsp3) is 0.125. The summed E-state index contributed by atoms with van der Waals surface area (Å²) in [5.74, 6) is 0.628. The highest BCUT2D eigenvalue weighted by molar-refractivity contribution is 5.96. The summed E-state index contributed by atoms with van der Waals surface area (Å²) in [4.78, 5) is 22.4. The Labute approximate surface area is 116 Å². The molecule has 1 N–H and O–H groups in total. The Morgan fingerprint density at radius 3 is 2.00 bits per heavy atom. The largest absolute Gasteiger partial charge is 0.507 e. The van der Waals surface area contributed by atoms with Crippen molar-refractivity contribution in [3.63, 3.8) is 0 Å². The fourth-order valence-corrected chi connectivity index (χ4v) is 1.77. The number of carbonyl (C=O) groups excluding carboxylic acids is 2. The van der Waals surface area contributed by atoms with Gasteiger partial charge in [0.25, 0.3) is 0 Å². The summed E-state index contributed by atoms with van der Waals surface area (Å²) >= 11 is 0. The number of carbonyl (C=O) groups is 2. The van der Waals surface area contributed by atoms with Gasteiger partial charge in [0.2, 0.25) is 0 Å². The summed E-state index contributed by atoms with van der Waals surface area (Å²) < 4.78 is 5.55. The third-order valence-corrected chi connectivity index (χ3v) is 2.85. The zero-order chi connectivity index (χ0) is 14.7. The van der Waals surface area contributed by atoms with Gasteiger partial charge in [-0.1, -0.05) is 0 Å². The second kappa shape index (κ2) is 5.57. The van der Waals surface area contributed by atoms with Crippen LogP contribution in [0.15, 0.2) is 42.5 Å². The van der Waals surface area contributed by atoms with Gasteiger partial charge in [0.1, 0.15) is 17.2 Å². The lowest BCUT2D eigenvalue weighted by Crippen LogP contribution is -1.94. The number of Topliss-reactive ketones (excluding diaryl/α,β-unsaturated/α-hetero) is 2. The van der Waals surface area contributed by atoms with Gasteiger partial charge in [-0.25, -0.2) is 0 Å². The van der Waals surface area contributed by atoms with E-state index in [0.29, 0.717) is 17.1 Å². The normalized spacial score (nSPS) is 10.1. The van der Waals surface area contributed by atoms with Crippen LogP contribution in [0.5, 0.6) is 17.2 Å². The van der Waals surface area contributed by atoms with Crippen molar-refractivity contribution >= 4 is 11.6 Å². The third-order valence-electron chi connectivity index (χ3n) is 2.85. The molecule has 0 aliphatic heterocycles. The maximum Gasteiger partial charge on any atom is 0.163 e. The minimum absolute atomic E-state index is 0.0139. The molecule has 0 spiro atoms. The SMILES string of the molecule is CC(=O)c1ccc(Oc2ccc(C(C)=O)c(O)c2)cc1. The lowest BCUT2D eigenvalue weighted by atomic mass is 10.1. The van der Waals surface area contributed by atoms with Crippen molar-refractivity contribution in [2.75, 3.05) is 0 Å². The first-order valence-corrected chi connectivity index (χ1v) is 6.10. The van der Waals surface area contributed by atoms with Crippen LogP contribution < -0.4 is 4.74 Å². The number of phenols is 1. The van der Waals surface area contributed by atoms with Crippen LogP contribution >= 0.6 is 0 Å². The lowest BCUT2D eigenvalue weighted by Gasteiger charge is -2.08. The molecule has 0 saturated carbocycles. The average Bonchev–Trinajstić information content (AvgIpc) is 2.39. The number of ketones is 2. The van der Waals surface area contributed by atoms with Gasteiger partial charge in [-0.2, -0.15) is 0 Å². The van der Waals surface area contributed by atoms with Crippen LogP contribution in [0.4, 0.5) is 0 Å². The molecule has 0 aliphatic carbocycles. The second-order valence-corrected chi connectivity index (χ2v) is 4.42. The van der Waals surface area contributed by atoms with Gasteiger partial charge in [0, 0.05) is 11.6 Å². The van der Waals surface area contributed by atoms with E-state index in [9.17, 15) is 14.7 Å². The molecular formula is C16H14O4. The van der Waals surface area contributed by atoms with E-state index in [1.807, 2.05) is 0 Å². The van der Waals surface area contributed by atoms with Crippen LogP contribution in [-0.4, -0.2) is 16.7 Å². The van der Waals surface area contributed by atoms with Crippen molar-refractivity contribution in [1.82, 2.24) is 0 Å². The summed E-state index contributed by atoms with van der Waals surface area (Å²) in [6.07, 6.45) is 0. The molecule has 0 aromatic heterocycles. The van der Waals surface area contributed by atoms with Crippen molar-refractivity contribution < 1.29 is 19.4 Å². The zero-order valence-electron chi connectivity index (χ0n) is 11.2. The summed E-state index contributed by atoms with van der Waals surface area (Å²) in [7, 11) is 0. The van der Waals surface area contributed by atoms with Crippen LogP contribution in [0.1, 0.15) is 34.6 Å². The molecule has 0 fully saturated rings. The Morgan fingerprint density at radius 1 is 0.900 bits per heavy atom. The van der Waals surface area contributed by atoms with Gasteiger partial charge in [-0.3, -0.25) is 9.59 Å². The summed E-state index contributed by atoms with van der Waals surface area (Å²) in [5, 5.41) is 9.71. The summed E-state index contributed by atoms with van der Waals surface area (Å²) in [5.41, 5.74) is 0.858. The Kier molecular flexibility index (Phi) is 3.84. The van der Waals surface area contributed by atoms with Crippen LogP contribution in [-0.2, 0) is 0 Å². The molecule has 0 atom stereocenters. The molecule has 4 nitrogen and oxygen atoms in total. The van der Waals surface area contributed by atoms with Crippen LogP contribution in [0, 0.1) is 0 Å². The molecule has 0 radical (unpaired) electrons. The Balaban J connectivity index is 2.19. The lowest BCUT2D eigenvalue weighted by molar-refractivity contribution is 0.100. The highest BCUT2D eigenvalue weighted by atomic mass is 16.5. The number of hydrogen-bond acceptors (Lipinski definition) is 4. The molecular weight excluding hydrogens is 256 g/mol. The van der Waals surface area contributed by atoms with Gasteiger partial charge in [0.05, 0.1) is 5.56 Å². The van der Waals surface area contributed by atoms with E-state index in [-0.39, 0.29) is 22.9 Å². The van der Waals surface area contributed by atoms with E-state index < -0.39 is 0 Å². The van der Waals surface area contributed by atoms with Crippen molar-refractivity contribution in [2.24, 2.45) is 0 Å². The minimum Gasteiger partial charge on any atom is -0.507 e. The average molecular weight is 270 g/mol. The number of phenolic OH excluding ortho intramolecular Hbond substituents is 1. The zero-order valence-corrected chi connectivity index (χ0v) is 11.2. The molecule has 2 aromatic carbocycles. The Morgan fingerprint density at radius 2 is 1.50 bits per heavy atom. The van der Waals surface area contributed by atoms with E-state index in [4.69, 9.17) is 4.74 Å². The van der Waals surface area contributed by atoms with Crippen LogP contribution in [0.2, 0.25) is 0 Å². The Bertz CT molecular complexity index is 657. The van der Waals surface area contributed by atoms with Crippen molar-refractivity contribution in [2.45, 2.75) is 13.8 Å². The highest BCUT2D eigenvalue weighted by Gasteiger charge is 2.08. The second-order valence-electron chi connectivity index (χ2n) is 4.42. The molecule has 0 aliphatic rings. The van der Waals surface area contributed by atoms with Crippen molar-refractivity contribution in [3.8, 4) is 17.2 Å². The number of aromatic hydroxyl groups is 1. The predicted molar refractivity (Wildman–Crippen MR) is 74.6 cm³/mol. The molecule has 0 amide bonds. The predicted octanol–water partition coefficient (Wildman–Crippen LogP) is 3.59. The van der Waals surface area contributed by atoms with Gasteiger partial charge < -0.3 is 9.84 Å². The summed E-state index contributed by atoms with van der Waals surface area (Å²) in [6, 6.07) is 11.2. The maximum absolute atomic E-state index is 11.2. The van der Waals surface area contributed by atoms with Gasteiger partial charge in [-0.15, -0.1) is 0 Å². The van der Waals surface area contributed by atoms with E-state index >= 15 is 0 Å². The molecule has 2 aromatic rings. The van der Waals surface area contributed by atoms with Gasteiger partial charge in [0.15, 0.2) is 11.6 Å². The van der Waals surface area contributed by atoms with Crippen LogP contribution in [0.3, 0.4) is 0 Å². The van der Waals surface area contributed by atoms with Crippen molar-refractivity contribution in [1.29, 1.82) is 0 Å². The van der Waals surface area contributed by atoms with E-state index in [1.165, 1.54) is 26.0 Å². The molecule has 0 saturated heterocycles. The third kappa shape index (κ3) is 3.03. The summed E-state index contributed by atoms with van der Waals surface area (Å²) in [6.45, 7) is 2.88. The molecule has 0 bridgehead atoms. The first-order chi connectivity index (χ1) is 9.47. The van der Waals surface area contributed by atoms with E-state index in [0.717, 1.165) is 0 Å². The molecule has 2 rings (SSSR count). The van der Waals surface area contributed by atoms with Crippen LogP contribution in [0.25, 0.3) is 0 Å². The standard InChI is InChI=1S/C16H14O4/c1-10(17)12-3-5-13(6-4-12)20-14-7-8-15(11(2)18)16(19)9-14/h3-9,19H,1-2H3. The molecule has 4 heteroatoms. The number of rotatable bonds is 4. The number of benzene rings is 2. The number of hydrogen-bond donors (Lipinski definition) is 1. The smallest absolute Gasteiger partial charge is 0.163 e. The molecule has 102 valence electrons. The minimum atomic E-state index is -0.208. The molecule has 0 heterocycles.